The predicted octanol–water partition coefficient (Wildman–Crippen LogP) is 4.96. The summed E-state index contributed by atoms with van der Waals surface area (Å²) in [5.74, 6) is -0.407. The number of nitrogens with zero attached hydrogens (tertiary/aromatic N) is 1. The third kappa shape index (κ3) is 3.98. The number of hydrogen-bond donors (Lipinski definition) is 1. The highest BCUT2D eigenvalue weighted by Gasteiger charge is 2.20. The SMILES string of the molecule is CC(C)S(=O)(=O)c1cccc(C(=O)Nc2nc(-c3ccc(Cl)s3)cs2)c1. The number of benzene rings is 1. The molecule has 1 aromatic carbocycles. The number of rotatable bonds is 5. The maximum Gasteiger partial charge on any atom is 0.257 e. The number of carbonyl (C=O) groups is 1. The zero-order chi connectivity index (χ0) is 18.9. The van der Waals surface area contributed by atoms with E-state index in [4.69, 9.17) is 11.6 Å². The Morgan fingerprint density at radius 2 is 2.00 bits per heavy atom. The maximum absolute atomic E-state index is 12.5. The van der Waals surface area contributed by atoms with Crippen LogP contribution in [0.2, 0.25) is 4.34 Å². The number of carbonyl (C=O) groups excluding carboxylic acids is 1. The Balaban J connectivity index is 1.80. The van der Waals surface area contributed by atoms with Crippen LogP contribution in [0, 0.1) is 0 Å². The van der Waals surface area contributed by atoms with Gasteiger partial charge in [-0.25, -0.2) is 13.4 Å². The molecule has 0 aliphatic carbocycles. The molecular formula is C17H15ClN2O3S3. The molecule has 3 aromatic rings. The lowest BCUT2D eigenvalue weighted by Gasteiger charge is -2.09. The fraction of sp³-hybridized carbons (Fsp3) is 0.176. The minimum absolute atomic E-state index is 0.133. The number of anilines is 1. The van der Waals surface area contributed by atoms with Crippen molar-refractivity contribution in [3.05, 3.63) is 51.7 Å². The fourth-order valence-corrected chi connectivity index (χ4v) is 5.04. The molecule has 2 aromatic heterocycles. The Morgan fingerprint density at radius 3 is 2.65 bits per heavy atom. The van der Waals surface area contributed by atoms with Gasteiger partial charge in [-0.15, -0.1) is 22.7 Å². The zero-order valence-corrected chi connectivity index (χ0v) is 17.1. The molecule has 9 heteroatoms. The van der Waals surface area contributed by atoms with E-state index in [1.165, 1.54) is 34.8 Å². The van der Waals surface area contributed by atoms with E-state index in [1.54, 1.807) is 32.0 Å². The van der Waals surface area contributed by atoms with E-state index in [0.717, 1.165) is 10.6 Å². The van der Waals surface area contributed by atoms with E-state index >= 15 is 0 Å². The predicted molar refractivity (Wildman–Crippen MR) is 107 cm³/mol. The van der Waals surface area contributed by atoms with E-state index in [-0.39, 0.29) is 10.5 Å². The molecule has 1 N–H and O–H groups in total. The lowest BCUT2D eigenvalue weighted by Crippen LogP contribution is -2.16. The lowest BCUT2D eigenvalue weighted by atomic mass is 10.2. The molecule has 3 rings (SSSR count). The summed E-state index contributed by atoms with van der Waals surface area (Å²) in [5.41, 5.74) is 1.00. The van der Waals surface area contributed by atoms with Gasteiger partial charge in [0.2, 0.25) is 0 Å². The van der Waals surface area contributed by atoms with Gasteiger partial charge in [-0.05, 0) is 44.2 Å². The molecule has 5 nitrogen and oxygen atoms in total. The van der Waals surface area contributed by atoms with Gasteiger partial charge in [0, 0.05) is 10.9 Å². The van der Waals surface area contributed by atoms with Crippen molar-refractivity contribution in [1.29, 1.82) is 0 Å². The van der Waals surface area contributed by atoms with Gasteiger partial charge < -0.3 is 0 Å². The highest BCUT2D eigenvalue weighted by Crippen LogP contribution is 2.33. The summed E-state index contributed by atoms with van der Waals surface area (Å²) < 4.78 is 25.2. The second kappa shape index (κ2) is 7.48. The Morgan fingerprint density at radius 1 is 1.23 bits per heavy atom. The van der Waals surface area contributed by atoms with Crippen LogP contribution in [0.4, 0.5) is 5.13 Å². The van der Waals surface area contributed by atoms with Gasteiger partial charge in [0.15, 0.2) is 15.0 Å². The van der Waals surface area contributed by atoms with E-state index in [2.05, 4.69) is 10.3 Å². The summed E-state index contributed by atoms with van der Waals surface area (Å²) in [6, 6.07) is 9.67. The molecule has 0 bridgehead atoms. The molecule has 0 aliphatic heterocycles. The van der Waals surface area contributed by atoms with Crippen molar-refractivity contribution in [2.45, 2.75) is 24.0 Å². The smallest absolute Gasteiger partial charge is 0.257 e. The molecule has 0 radical (unpaired) electrons. The first kappa shape index (κ1) is 19.0. The molecule has 0 aliphatic rings. The number of halogens is 1. The molecular weight excluding hydrogens is 412 g/mol. The van der Waals surface area contributed by atoms with Crippen molar-refractivity contribution in [3.8, 4) is 10.6 Å². The number of thiazole rings is 1. The summed E-state index contributed by atoms with van der Waals surface area (Å²) in [5, 5.41) is 4.42. The molecule has 0 saturated heterocycles. The van der Waals surface area contributed by atoms with Gasteiger partial charge in [0.25, 0.3) is 5.91 Å². The number of hydrogen-bond acceptors (Lipinski definition) is 6. The minimum Gasteiger partial charge on any atom is -0.298 e. The van der Waals surface area contributed by atoms with Gasteiger partial charge in [-0.1, -0.05) is 17.7 Å². The average molecular weight is 427 g/mol. The lowest BCUT2D eigenvalue weighted by molar-refractivity contribution is 0.102. The topological polar surface area (TPSA) is 76.1 Å². The highest BCUT2D eigenvalue weighted by atomic mass is 35.5. The average Bonchev–Trinajstić information content (AvgIpc) is 3.23. The van der Waals surface area contributed by atoms with Crippen molar-refractivity contribution in [2.24, 2.45) is 0 Å². The largest absolute Gasteiger partial charge is 0.298 e. The van der Waals surface area contributed by atoms with Crippen molar-refractivity contribution < 1.29 is 13.2 Å². The quantitative estimate of drug-likeness (QED) is 0.625. The number of nitrogens with one attached hydrogen (secondary N) is 1. The van der Waals surface area contributed by atoms with Crippen LogP contribution in [-0.2, 0) is 9.84 Å². The van der Waals surface area contributed by atoms with Gasteiger partial charge in [0.1, 0.15) is 0 Å². The molecule has 0 atom stereocenters. The number of aromatic nitrogens is 1. The Labute approximate surface area is 164 Å². The van der Waals surface area contributed by atoms with Crippen LogP contribution in [0.25, 0.3) is 10.6 Å². The van der Waals surface area contributed by atoms with Crippen molar-refractivity contribution in [2.75, 3.05) is 5.32 Å². The van der Waals surface area contributed by atoms with E-state index in [1.807, 2.05) is 11.4 Å². The van der Waals surface area contributed by atoms with E-state index < -0.39 is 21.0 Å². The first-order valence-corrected chi connectivity index (χ1v) is 11.3. The van der Waals surface area contributed by atoms with Crippen LogP contribution in [0.3, 0.4) is 0 Å². The number of thiophene rings is 1. The molecule has 0 spiro atoms. The Bertz CT molecular complexity index is 1050. The van der Waals surface area contributed by atoms with E-state index in [0.29, 0.717) is 9.47 Å². The first-order valence-electron chi connectivity index (χ1n) is 7.64. The molecule has 1 amide bonds. The maximum atomic E-state index is 12.5. The van der Waals surface area contributed by atoms with Crippen molar-refractivity contribution >= 4 is 55.2 Å². The van der Waals surface area contributed by atoms with E-state index in [9.17, 15) is 13.2 Å². The van der Waals surface area contributed by atoms with Gasteiger partial charge in [-0.2, -0.15) is 0 Å². The van der Waals surface area contributed by atoms with Crippen molar-refractivity contribution in [1.82, 2.24) is 4.98 Å². The first-order chi connectivity index (χ1) is 12.3. The molecule has 0 saturated carbocycles. The van der Waals surface area contributed by atoms with Crippen LogP contribution in [0.15, 0.2) is 46.7 Å². The standard InChI is InChI=1S/C17H15ClN2O3S3/c1-10(2)26(22,23)12-5-3-4-11(8-12)16(21)20-17-19-13(9-24-17)14-6-7-15(18)25-14/h3-10H,1-2H3,(H,19,20,21). The molecule has 0 fully saturated rings. The molecule has 26 heavy (non-hydrogen) atoms. The van der Waals surface area contributed by atoms with Gasteiger partial charge in [0.05, 0.1) is 25.1 Å². The number of amides is 1. The molecule has 0 unspecified atom stereocenters. The van der Waals surface area contributed by atoms with Crippen LogP contribution in [-0.4, -0.2) is 24.6 Å². The Kier molecular flexibility index (Phi) is 5.47. The molecule has 136 valence electrons. The second-order valence-electron chi connectivity index (χ2n) is 5.72. The van der Waals surface area contributed by atoms with Crippen LogP contribution < -0.4 is 5.32 Å². The Hall–Kier alpha value is -1.74. The summed E-state index contributed by atoms with van der Waals surface area (Å²) in [6.45, 7) is 3.21. The number of sulfone groups is 1. The summed E-state index contributed by atoms with van der Waals surface area (Å²) >= 11 is 8.63. The second-order valence-corrected chi connectivity index (χ2v) is 10.8. The summed E-state index contributed by atoms with van der Waals surface area (Å²) in [6.07, 6.45) is 0. The summed E-state index contributed by atoms with van der Waals surface area (Å²) in [7, 11) is -3.44. The van der Waals surface area contributed by atoms with Crippen LogP contribution in [0.1, 0.15) is 24.2 Å². The zero-order valence-electron chi connectivity index (χ0n) is 13.9. The fourth-order valence-electron chi connectivity index (χ4n) is 2.15. The highest BCUT2D eigenvalue weighted by molar-refractivity contribution is 7.92. The molecule has 2 heterocycles. The normalized spacial score (nSPS) is 11.7. The van der Waals surface area contributed by atoms with Gasteiger partial charge in [-0.3, -0.25) is 10.1 Å². The van der Waals surface area contributed by atoms with Crippen LogP contribution >= 0.6 is 34.3 Å². The van der Waals surface area contributed by atoms with Crippen LogP contribution in [0.5, 0.6) is 0 Å². The van der Waals surface area contributed by atoms with Gasteiger partial charge >= 0.3 is 0 Å². The third-order valence-corrected chi connectivity index (χ3v) is 7.76. The monoisotopic (exact) mass is 426 g/mol. The summed E-state index contributed by atoms with van der Waals surface area (Å²) in [4.78, 5) is 17.9. The minimum atomic E-state index is -3.44. The third-order valence-electron chi connectivity index (χ3n) is 3.60. The van der Waals surface area contributed by atoms with Crippen molar-refractivity contribution in [3.63, 3.8) is 0 Å².